The lowest BCUT2D eigenvalue weighted by Crippen LogP contribution is -2.70. The molecule has 2 rings (SSSR count). The molecule has 1 aromatic carbocycles. The van der Waals surface area contributed by atoms with E-state index in [9.17, 15) is 71.5 Å². The molecule has 1 aliphatic heterocycles. The number of esters is 1. The van der Waals surface area contributed by atoms with Crippen LogP contribution in [0.5, 0.6) is 5.75 Å². The van der Waals surface area contributed by atoms with Crippen LogP contribution in [0.4, 0.5) is 57.1 Å². The highest BCUT2D eigenvalue weighted by Crippen LogP contribution is 2.60. The largest absolute Gasteiger partial charge is 0.482 e. The zero-order valence-corrected chi connectivity index (χ0v) is 26.7. The maximum atomic E-state index is 14.1. The third kappa shape index (κ3) is 8.37. The molecule has 0 bridgehead atoms. The first-order valence-electron chi connectivity index (χ1n) is 14.6. The van der Waals surface area contributed by atoms with Gasteiger partial charge in [-0.05, 0) is 64.2 Å². The summed E-state index contributed by atoms with van der Waals surface area (Å²) in [4.78, 5) is 38.4. The lowest BCUT2D eigenvalue weighted by atomic mass is 9.78. The van der Waals surface area contributed by atoms with Crippen LogP contribution in [0.15, 0.2) is 24.3 Å². The van der Waals surface area contributed by atoms with E-state index in [1.807, 2.05) is 0 Å². The van der Waals surface area contributed by atoms with Gasteiger partial charge in [0.25, 0.3) is 0 Å². The lowest BCUT2D eigenvalue weighted by Gasteiger charge is -2.39. The Morgan fingerprint density at radius 2 is 1.29 bits per heavy atom. The van der Waals surface area contributed by atoms with E-state index >= 15 is 0 Å². The number of benzene rings is 1. The summed E-state index contributed by atoms with van der Waals surface area (Å²) in [5.74, 6) is -40.1. The first-order valence-corrected chi connectivity index (χ1v) is 14.6. The molecule has 0 N–H and O–H groups in total. The first kappa shape index (κ1) is 41.9. The number of likely N-dealkylation sites (tertiary alicyclic amines) is 1. The van der Waals surface area contributed by atoms with Gasteiger partial charge in [-0.1, -0.05) is 26.0 Å². The summed E-state index contributed by atoms with van der Waals surface area (Å²) in [7, 11) is 0. The summed E-state index contributed by atoms with van der Waals surface area (Å²) in [6.07, 6.45) is -11.6. The average molecular weight is 736 g/mol. The number of hydrogen-bond donors (Lipinski definition) is 0. The Hall–Kier alpha value is -3.28. The number of unbranched alkanes of at least 4 members (excludes halogenated alkanes) is 1. The number of alkyl halides is 13. The van der Waals surface area contributed by atoms with E-state index < -0.39 is 96.3 Å². The van der Waals surface area contributed by atoms with Gasteiger partial charge in [-0.2, -0.15) is 57.1 Å². The summed E-state index contributed by atoms with van der Waals surface area (Å²) in [5.41, 5.74) is -1.38. The molecule has 0 saturated carbocycles. The number of halogens is 13. The minimum Gasteiger partial charge on any atom is -0.482 e. The Morgan fingerprint density at radius 1 is 0.776 bits per heavy atom. The fourth-order valence-corrected chi connectivity index (χ4v) is 4.94. The molecule has 6 nitrogen and oxygen atoms in total. The van der Waals surface area contributed by atoms with Crippen LogP contribution in [0.3, 0.4) is 0 Å². The molecule has 1 aliphatic rings. The Labute approximate surface area is 272 Å². The Balaban J connectivity index is 2.01. The predicted octanol–water partition coefficient (Wildman–Crippen LogP) is 8.26. The highest BCUT2D eigenvalue weighted by Gasteiger charge is 2.90. The van der Waals surface area contributed by atoms with Crippen molar-refractivity contribution in [1.82, 2.24) is 4.90 Å². The molecule has 1 heterocycles. The number of carbonyl (C=O) groups excluding carboxylic acids is 3. The van der Waals surface area contributed by atoms with E-state index in [4.69, 9.17) is 9.47 Å². The van der Waals surface area contributed by atoms with Gasteiger partial charge < -0.3 is 9.47 Å². The molecule has 49 heavy (non-hydrogen) atoms. The number of aryl methyl sites for hydroxylation is 1. The van der Waals surface area contributed by atoms with Gasteiger partial charge in [0.15, 0.2) is 6.61 Å². The molecule has 0 spiro atoms. The van der Waals surface area contributed by atoms with Crippen LogP contribution in [0.1, 0.15) is 65.9 Å². The maximum Gasteiger partial charge on any atom is 0.460 e. The Kier molecular flexibility index (Phi) is 11.8. The number of hydrogen-bond acceptors (Lipinski definition) is 5. The van der Waals surface area contributed by atoms with Crippen molar-refractivity contribution in [3.8, 4) is 5.75 Å². The van der Waals surface area contributed by atoms with Gasteiger partial charge in [-0.3, -0.25) is 14.5 Å². The van der Waals surface area contributed by atoms with Crippen LogP contribution in [0.2, 0.25) is 0 Å². The average Bonchev–Trinajstić information content (AvgIpc) is 3.09. The fourth-order valence-electron chi connectivity index (χ4n) is 4.94. The van der Waals surface area contributed by atoms with Crippen LogP contribution in [-0.2, 0) is 25.5 Å². The quantitative estimate of drug-likeness (QED) is 0.0786. The summed E-state index contributed by atoms with van der Waals surface area (Å²) in [6.45, 7) is 6.78. The summed E-state index contributed by atoms with van der Waals surface area (Å²) in [5, 5.41) is 0. The van der Waals surface area contributed by atoms with Crippen LogP contribution in [0.25, 0.3) is 0 Å². The molecule has 0 radical (unpaired) electrons. The standard InChI is InChI=1S/C30H34F13NO5/c1-23(2,3)49-20(45)16-48-18-11-8-17(9-12-18)10-13-19-21(46)44(22(47)24(19,4)5)15-7-6-14-25(31,32)26(33,34)27(35,36)28(37,38)29(39,40)30(41,42)43/h8-9,11-12,19H,6-7,10,13-16H2,1-5H3. The van der Waals surface area contributed by atoms with Crippen molar-refractivity contribution in [2.75, 3.05) is 13.2 Å². The molecular formula is C30H34F13NO5. The van der Waals surface area contributed by atoms with Crippen LogP contribution in [-0.4, -0.2) is 77.2 Å². The van der Waals surface area contributed by atoms with Gasteiger partial charge in [0.2, 0.25) is 11.8 Å². The third-order valence-electron chi connectivity index (χ3n) is 7.77. The zero-order valence-electron chi connectivity index (χ0n) is 26.7. The molecule has 1 saturated heterocycles. The van der Waals surface area contributed by atoms with E-state index in [-0.39, 0.29) is 19.4 Å². The monoisotopic (exact) mass is 735 g/mol. The van der Waals surface area contributed by atoms with Gasteiger partial charge in [0, 0.05) is 13.0 Å². The second kappa shape index (κ2) is 13.8. The topological polar surface area (TPSA) is 72.9 Å². The Morgan fingerprint density at radius 3 is 1.78 bits per heavy atom. The Bertz CT molecular complexity index is 1350. The minimum absolute atomic E-state index is 0.0856. The molecular weight excluding hydrogens is 701 g/mol. The number of carbonyl (C=O) groups is 3. The van der Waals surface area contributed by atoms with E-state index in [0.717, 1.165) is 0 Å². The van der Waals surface area contributed by atoms with Crippen molar-refractivity contribution >= 4 is 17.8 Å². The van der Waals surface area contributed by atoms with Crippen molar-refractivity contribution < 1.29 is 80.9 Å². The normalized spacial score (nSPS) is 18.2. The summed E-state index contributed by atoms with van der Waals surface area (Å²) >= 11 is 0. The predicted molar refractivity (Wildman–Crippen MR) is 145 cm³/mol. The lowest BCUT2D eigenvalue weighted by molar-refractivity contribution is -0.440. The summed E-state index contributed by atoms with van der Waals surface area (Å²) < 4.78 is 184. The molecule has 1 atom stereocenters. The number of imide groups is 1. The number of amides is 2. The van der Waals surface area contributed by atoms with Crippen LogP contribution < -0.4 is 4.74 Å². The second-order valence-electron chi connectivity index (χ2n) is 13.1. The molecule has 0 aliphatic carbocycles. The number of ether oxygens (including phenoxy) is 2. The van der Waals surface area contributed by atoms with E-state index in [2.05, 4.69) is 0 Å². The minimum atomic E-state index is -7.97. The van der Waals surface area contributed by atoms with Crippen LogP contribution >= 0.6 is 0 Å². The fraction of sp³-hybridized carbons (Fsp3) is 0.700. The first-order chi connectivity index (χ1) is 21.8. The van der Waals surface area contributed by atoms with Crippen molar-refractivity contribution in [3.05, 3.63) is 29.8 Å². The SMILES string of the molecule is CC(C)(C)OC(=O)COc1ccc(CCC2C(=O)N(CCCCC(F)(F)C(F)(F)C(F)(F)C(F)(F)C(F)(F)C(F)(F)F)C(=O)C2(C)C)cc1. The smallest absolute Gasteiger partial charge is 0.460 e. The molecule has 280 valence electrons. The van der Waals surface area contributed by atoms with Gasteiger partial charge in [-0.25, -0.2) is 4.79 Å². The second-order valence-corrected chi connectivity index (χ2v) is 13.1. The van der Waals surface area contributed by atoms with Crippen molar-refractivity contribution in [3.63, 3.8) is 0 Å². The van der Waals surface area contributed by atoms with Crippen molar-refractivity contribution in [1.29, 1.82) is 0 Å². The molecule has 1 aromatic rings. The van der Waals surface area contributed by atoms with Gasteiger partial charge in [0.05, 0.1) is 11.3 Å². The highest BCUT2D eigenvalue weighted by atomic mass is 19.4. The molecule has 1 unspecified atom stereocenters. The van der Waals surface area contributed by atoms with E-state index in [1.54, 1.807) is 32.9 Å². The van der Waals surface area contributed by atoms with E-state index in [1.165, 1.54) is 26.0 Å². The third-order valence-corrected chi connectivity index (χ3v) is 7.77. The van der Waals surface area contributed by atoms with Crippen molar-refractivity contribution in [2.45, 2.75) is 108 Å². The molecule has 1 fully saturated rings. The van der Waals surface area contributed by atoms with Crippen molar-refractivity contribution in [2.24, 2.45) is 11.3 Å². The highest BCUT2D eigenvalue weighted by molar-refractivity contribution is 6.07. The van der Waals surface area contributed by atoms with Gasteiger partial charge in [0.1, 0.15) is 11.4 Å². The molecule has 0 aromatic heterocycles. The molecule has 2 amide bonds. The molecule has 19 heteroatoms. The van der Waals surface area contributed by atoms with Gasteiger partial charge in [-0.15, -0.1) is 0 Å². The number of rotatable bonds is 15. The van der Waals surface area contributed by atoms with Crippen LogP contribution in [0, 0.1) is 11.3 Å². The zero-order chi connectivity index (χ0) is 38.2. The van der Waals surface area contributed by atoms with E-state index in [0.29, 0.717) is 16.2 Å². The van der Waals surface area contributed by atoms with Gasteiger partial charge >= 0.3 is 41.8 Å². The number of nitrogens with zero attached hydrogens (tertiary/aromatic N) is 1. The maximum absolute atomic E-state index is 14.1. The summed E-state index contributed by atoms with van der Waals surface area (Å²) in [6, 6.07) is 6.32.